The number of hydrogen-bond donors (Lipinski definition) is 0. The number of halogens is 3. The minimum atomic E-state index is -4.49. The maximum atomic E-state index is 12.7. The number of rotatable bonds is 1. The Morgan fingerprint density at radius 1 is 0.957 bits per heavy atom. The number of hydrogen-bond acceptors (Lipinski definition) is 3. The van der Waals surface area contributed by atoms with Gasteiger partial charge in [0.2, 0.25) is 0 Å². The molecule has 2 aromatic carbocycles. The molecule has 1 unspecified atom stereocenters. The van der Waals surface area contributed by atoms with Crippen molar-refractivity contribution in [2.24, 2.45) is 0 Å². The molecule has 23 heavy (non-hydrogen) atoms. The van der Waals surface area contributed by atoms with Crippen molar-refractivity contribution in [3.8, 4) is 0 Å². The SMILES string of the molecule is O=C1CC(c2ccc(C(F)(F)F)cc2)S(=O)(=O)c2ccccc21. The van der Waals surface area contributed by atoms with Gasteiger partial charge in [0.15, 0.2) is 15.6 Å². The number of Topliss-reactive ketones (excluding diaryl/α,β-unsaturated/α-hetero) is 1. The van der Waals surface area contributed by atoms with Crippen molar-refractivity contribution in [3.63, 3.8) is 0 Å². The molecule has 0 bridgehead atoms. The van der Waals surface area contributed by atoms with Crippen molar-refractivity contribution in [2.45, 2.75) is 22.7 Å². The van der Waals surface area contributed by atoms with Gasteiger partial charge in [0.25, 0.3) is 0 Å². The summed E-state index contributed by atoms with van der Waals surface area (Å²) in [7, 11) is -3.82. The Hall–Kier alpha value is -2.15. The summed E-state index contributed by atoms with van der Waals surface area (Å²) in [6.45, 7) is 0. The van der Waals surface area contributed by atoms with E-state index < -0.39 is 26.8 Å². The molecule has 3 nitrogen and oxygen atoms in total. The lowest BCUT2D eigenvalue weighted by atomic mass is 10.0. The zero-order valence-electron chi connectivity index (χ0n) is 11.7. The van der Waals surface area contributed by atoms with Crippen molar-refractivity contribution in [3.05, 3.63) is 65.2 Å². The van der Waals surface area contributed by atoms with E-state index in [0.29, 0.717) is 0 Å². The minimum absolute atomic E-state index is 0.0684. The molecule has 1 atom stereocenters. The monoisotopic (exact) mass is 340 g/mol. The molecule has 1 heterocycles. The molecule has 0 fully saturated rings. The van der Waals surface area contributed by atoms with Crippen molar-refractivity contribution >= 4 is 15.6 Å². The van der Waals surface area contributed by atoms with Crippen LogP contribution in [0, 0.1) is 0 Å². The first-order chi connectivity index (χ1) is 10.7. The lowest BCUT2D eigenvalue weighted by Crippen LogP contribution is -2.25. The summed E-state index contributed by atoms with van der Waals surface area (Å²) in [4.78, 5) is 12.1. The molecular formula is C16H11F3O3S. The molecule has 0 saturated carbocycles. The predicted octanol–water partition coefficient (Wildman–Crippen LogP) is 3.81. The Balaban J connectivity index is 2.07. The first kappa shape index (κ1) is 15.7. The van der Waals surface area contributed by atoms with Gasteiger partial charge in [-0.1, -0.05) is 30.3 Å². The highest BCUT2D eigenvalue weighted by Gasteiger charge is 2.39. The Morgan fingerprint density at radius 2 is 1.57 bits per heavy atom. The van der Waals surface area contributed by atoms with E-state index in [0.717, 1.165) is 24.3 Å². The highest BCUT2D eigenvalue weighted by Crippen LogP contribution is 2.40. The molecular weight excluding hydrogens is 329 g/mol. The fourth-order valence-corrected chi connectivity index (χ4v) is 4.62. The molecule has 0 aromatic heterocycles. The van der Waals surface area contributed by atoms with E-state index in [1.807, 2.05) is 0 Å². The molecule has 3 rings (SSSR count). The quantitative estimate of drug-likeness (QED) is 0.793. The number of alkyl halides is 3. The second-order valence-corrected chi connectivity index (χ2v) is 7.38. The topological polar surface area (TPSA) is 51.2 Å². The molecule has 1 aliphatic heterocycles. The largest absolute Gasteiger partial charge is 0.416 e. The molecule has 7 heteroatoms. The van der Waals surface area contributed by atoms with Crippen LogP contribution in [0.3, 0.4) is 0 Å². The number of benzene rings is 2. The third kappa shape index (κ3) is 2.65. The fraction of sp³-hybridized carbons (Fsp3) is 0.188. The maximum absolute atomic E-state index is 12.7. The third-order valence-corrected chi connectivity index (χ3v) is 6.01. The van der Waals surface area contributed by atoms with E-state index >= 15 is 0 Å². The second-order valence-electron chi connectivity index (χ2n) is 5.28. The number of carbonyl (C=O) groups excluding carboxylic acids is 1. The van der Waals surface area contributed by atoms with Crippen LogP contribution in [-0.2, 0) is 16.0 Å². The van der Waals surface area contributed by atoms with E-state index in [9.17, 15) is 26.4 Å². The summed E-state index contributed by atoms with van der Waals surface area (Å²) in [5.41, 5.74) is -0.544. The van der Waals surface area contributed by atoms with Crippen molar-refractivity contribution in [2.75, 3.05) is 0 Å². The summed E-state index contributed by atoms with van der Waals surface area (Å²) in [6.07, 6.45) is -4.77. The predicted molar refractivity (Wildman–Crippen MR) is 76.8 cm³/mol. The first-order valence-electron chi connectivity index (χ1n) is 6.74. The van der Waals surface area contributed by atoms with Gasteiger partial charge in [-0.15, -0.1) is 0 Å². The van der Waals surface area contributed by atoms with Crippen LogP contribution in [0.5, 0.6) is 0 Å². The second kappa shape index (κ2) is 5.19. The number of ketones is 1. The average molecular weight is 340 g/mol. The van der Waals surface area contributed by atoms with E-state index in [1.54, 1.807) is 6.07 Å². The summed E-state index contributed by atoms with van der Waals surface area (Å²) in [5.74, 6) is -0.333. The molecule has 0 radical (unpaired) electrons. The first-order valence-corrected chi connectivity index (χ1v) is 8.29. The molecule has 0 N–H and O–H groups in total. The van der Waals surface area contributed by atoms with Gasteiger partial charge < -0.3 is 0 Å². The Bertz CT molecular complexity index is 868. The van der Waals surface area contributed by atoms with Crippen LogP contribution in [0.1, 0.15) is 33.2 Å². The Labute approximate surface area is 130 Å². The fourth-order valence-electron chi connectivity index (χ4n) is 2.67. The van der Waals surface area contributed by atoms with Crippen LogP contribution in [0.4, 0.5) is 13.2 Å². The van der Waals surface area contributed by atoms with Crippen molar-refractivity contribution in [1.82, 2.24) is 0 Å². The van der Waals surface area contributed by atoms with Crippen LogP contribution >= 0.6 is 0 Å². The molecule has 120 valence electrons. The van der Waals surface area contributed by atoms with Gasteiger partial charge in [-0.05, 0) is 23.8 Å². The molecule has 0 saturated heterocycles. The van der Waals surface area contributed by atoms with Gasteiger partial charge in [0, 0.05) is 12.0 Å². The zero-order valence-corrected chi connectivity index (χ0v) is 12.5. The zero-order chi connectivity index (χ0) is 16.8. The normalized spacial score (nSPS) is 20.1. The molecule has 1 aliphatic rings. The van der Waals surface area contributed by atoms with Crippen LogP contribution in [-0.4, -0.2) is 14.2 Å². The van der Waals surface area contributed by atoms with Gasteiger partial charge in [-0.25, -0.2) is 8.42 Å². The standard InChI is InChI=1S/C16H11F3O3S/c17-16(18,19)11-7-5-10(6-8-11)15-9-13(20)12-3-1-2-4-14(12)23(15,21)22/h1-8,15H,9H2. The summed E-state index contributed by atoms with van der Waals surface area (Å²) in [6, 6.07) is 9.77. The highest BCUT2D eigenvalue weighted by molar-refractivity contribution is 7.92. The molecule has 0 amide bonds. The van der Waals surface area contributed by atoms with Crippen LogP contribution in [0.25, 0.3) is 0 Å². The van der Waals surface area contributed by atoms with E-state index in [2.05, 4.69) is 0 Å². The Morgan fingerprint density at radius 3 is 2.17 bits per heavy atom. The van der Waals surface area contributed by atoms with Gasteiger partial charge in [0.05, 0.1) is 15.7 Å². The highest BCUT2D eigenvalue weighted by atomic mass is 32.2. The molecule has 0 aliphatic carbocycles. The number of sulfone groups is 1. The summed E-state index contributed by atoms with van der Waals surface area (Å²) < 4.78 is 63.1. The molecule has 0 spiro atoms. The van der Waals surface area contributed by atoms with Crippen LogP contribution in [0.15, 0.2) is 53.4 Å². The summed E-state index contributed by atoms with van der Waals surface area (Å²) >= 11 is 0. The van der Waals surface area contributed by atoms with Crippen molar-refractivity contribution < 1.29 is 26.4 Å². The van der Waals surface area contributed by atoms with Crippen LogP contribution in [0.2, 0.25) is 0 Å². The minimum Gasteiger partial charge on any atom is -0.294 e. The van der Waals surface area contributed by atoms with Gasteiger partial charge >= 0.3 is 6.18 Å². The average Bonchev–Trinajstić information content (AvgIpc) is 2.50. The van der Waals surface area contributed by atoms with E-state index in [4.69, 9.17) is 0 Å². The van der Waals surface area contributed by atoms with Gasteiger partial charge in [-0.3, -0.25) is 4.79 Å². The van der Waals surface area contributed by atoms with E-state index in [-0.39, 0.29) is 28.2 Å². The van der Waals surface area contributed by atoms with Gasteiger partial charge in [0.1, 0.15) is 0 Å². The molecule has 2 aromatic rings. The van der Waals surface area contributed by atoms with Crippen LogP contribution < -0.4 is 0 Å². The third-order valence-electron chi connectivity index (χ3n) is 3.85. The summed E-state index contributed by atoms with van der Waals surface area (Å²) in [5, 5.41) is -1.16. The van der Waals surface area contributed by atoms with Crippen molar-refractivity contribution in [1.29, 1.82) is 0 Å². The number of carbonyl (C=O) groups is 1. The maximum Gasteiger partial charge on any atom is 0.416 e. The smallest absolute Gasteiger partial charge is 0.294 e. The van der Waals surface area contributed by atoms with E-state index in [1.165, 1.54) is 18.2 Å². The lowest BCUT2D eigenvalue weighted by molar-refractivity contribution is -0.137. The Kier molecular flexibility index (Phi) is 3.55. The number of fused-ring (bicyclic) bond motifs is 1. The lowest BCUT2D eigenvalue weighted by Gasteiger charge is -2.24. The van der Waals surface area contributed by atoms with Gasteiger partial charge in [-0.2, -0.15) is 13.2 Å².